The fourth-order valence-electron chi connectivity index (χ4n) is 3.67. The van der Waals surface area contributed by atoms with E-state index in [1.54, 1.807) is 6.07 Å². The number of anilines is 2. The number of thiocarbonyl (C=S) groups is 1. The number of nitrogens with one attached hydrogen (secondary N) is 2. The Morgan fingerprint density at radius 3 is 2.42 bits per heavy atom. The summed E-state index contributed by atoms with van der Waals surface area (Å²) in [4.78, 5) is 11.0. The Morgan fingerprint density at radius 1 is 0.970 bits per heavy atom. The van der Waals surface area contributed by atoms with Gasteiger partial charge < -0.3 is 20.0 Å². The Hall–Kier alpha value is -3.13. The highest BCUT2D eigenvalue weighted by atomic mass is 35.5. The van der Waals surface area contributed by atoms with E-state index in [-0.39, 0.29) is 0 Å². The van der Waals surface area contributed by atoms with E-state index in [4.69, 9.17) is 39.8 Å². The standard InChI is InChI=1S/C24H19Cl2N5OS/c25-18-7-5-15(6-8-18)20-10-9-19(32-20)12-27-24(33)30-23-28-21(26)11-22(29-23)31-13-16-3-1-2-4-17(16)14-31/h1-11H,12-14H2,(H2,27,28,29,30,33). The molecule has 2 N–H and O–H groups in total. The first kappa shape index (κ1) is 21.7. The predicted molar refractivity (Wildman–Crippen MR) is 136 cm³/mol. The summed E-state index contributed by atoms with van der Waals surface area (Å²) in [5.74, 6) is 2.59. The van der Waals surface area contributed by atoms with Crippen LogP contribution in [0.3, 0.4) is 0 Å². The highest BCUT2D eigenvalue weighted by Gasteiger charge is 2.21. The van der Waals surface area contributed by atoms with Gasteiger partial charge in [-0.1, -0.05) is 47.5 Å². The molecule has 0 saturated carbocycles. The number of benzene rings is 2. The maximum Gasteiger partial charge on any atom is 0.232 e. The Morgan fingerprint density at radius 2 is 1.70 bits per heavy atom. The molecular weight excluding hydrogens is 477 g/mol. The van der Waals surface area contributed by atoms with Crippen LogP contribution in [0, 0.1) is 0 Å². The lowest BCUT2D eigenvalue weighted by molar-refractivity contribution is 0.516. The first-order valence-electron chi connectivity index (χ1n) is 10.3. The van der Waals surface area contributed by atoms with Gasteiger partial charge in [-0.3, -0.25) is 0 Å². The molecule has 9 heteroatoms. The van der Waals surface area contributed by atoms with E-state index < -0.39 is 0 Å². The van der Waals surface area contributed by atoms with Crippen molar-refractivity contribution in [1.82, 2.24) is 15.3 Å². The van der Waals surface area contributed by atoms with Gasteiger partial charge in [-0.05, 0) is 59.7 Å². The van der Waals surface area contributed by atoms with E-state index in [1.807, 2.05) is 48.5 Å². The molecule has 0 atom stereocenters. The van der Waals surface area contributed by atoms with Gasteiger partial charge in [0.1, 0.15) is 22.5 Å². The minimum atomic E-state index is 0.340. The van der Waals surface area contributed by atoms with Crippen LogP contribution in [0.4, 0.5) is 11.8 Å². The zero-order valence-electron chi connectivity index (χ0n) is 17.4. The second-order valence-corrected chi connectivity index (χ2v) is 8.81. The van der Waals surface area contributed by atoms with E-state index in [9.17, 15) is 0 Å². The van der Waals surface area contributed by atoms with Crippen LogP contribution < -0.4 is 15.5 Å². The van der Waals surface area contributed by atoms with Crippen molar-refractivity contribution in [2.75, 3.05) is 10.2 Å². The molecule has 1 aliphatic heterocycles. The second-order valence-electron chi connectivity index (χ2n) is 7.58. The number of hydrogen-bond acceptors (Lipinski definition) is 5. The molecule has 3 heterocycles. The maximum absolute atomic E-state index is 6.26. The lowest BCUT2D eigenvalue weighted by Gasteiger charge is -2.18. The van der Waals surface area contributed by atoms with Crippen LogP contribution in [0.25, 0.3) is 11.3 Å². The Labute approximate surface area is 206 Å². The SMILES string of the molecule is S=C(NCc1ccc(-c2ccc(Cl)cc2)o1)Nc1nc(Cl)cc(N2Cc3ccccc3C2)n1. The lowest BCUT2D eigenvalue weighted by atomic mass is 10.1. The molecule has 5 rings (SSSR count). The third-order valence-electron chi connectivity index (χ3n) is 5.29. The highest BCUT2D eigenvalue weighted by Crippen LogP contribution is 2.28. The number of hydrogen-bond donors (Lipinski definition) is 2. The summed E-state index contributed by atoms with van der Waals surface area (Å²) in [6.45, 7) is 1.97. The van der Waals surface area contributed by atoms with Gasteiger partial charge in [-0.25, -0.2) is 4.98 Å². The van der Waals surface area contributed by atoms with Gasteiger partial charge in [0.05, 0.1) is 6.54 Å². The van der Waals surface area contributed by atoms with Crippen LogP contribution in [0.15, 0.2) is 71.1 Å². The Balaban J connectivity index is 1.20. The first-order valence-corrected chi connectivity index (χ1v) is 11.5. The van der Waals surface area contributed by atoms with Crippen molar-refractivity contribution in [2.45, 2.75) is 19.6 Å². The third-order valence-corrected chi connectivity index (χ3v) is 5.98. The summed E-state index contributed by atoms with van der Waals surface area (Å²) in [5, 5.41) is 7.53. The summed E-state index contributed by atoms with van der Waals surface area (Å²) in [6.07, 6.45) is 0. The van der Waals surface area contributed by atoms with Crippen LogP contribution in [-0.2, 0) is 19.6 Å². The number of aromatic nitrogens is 2. The predicted octanol–water partition coefficient (Wildman–Crippen LogP) is 6.05. The maximum atomic E-state index is 6.26. The molecule has 0 unspecified atom stereocenters. The molecule has 0 fully saturated rings. The summed E-state index contributed by atoms with van der Waals surface area (Å²) in [5.41, 5.74) is 3.53. The number of furan rings is 1. The number of nitrogens with zero attached hydrogens (tertiary/aromatic N) is 3. The van der Waals surface area contributed by atoms with Gasteiger partial charge in [-0.2, -0.15) is 4.98 Å². The van der Waals surface area contributed by atoms with Gasteiger partial charge >= 0.3 is 0 Å². The topological polar surface area (TPSA) is 66.2 Å². The average molecular weight is 496 g/mol. The highest BCUT2D eigenvalue weighted by molar-refractivity contribution is 7.80. The molecule has 0 saturated heterocycles. The van der Waals surface area contributed by atoms with E-state index in [0.29, 0.717) is 27.8 Å². The van der Waals surface area contributed by atoms with Crippen molar-refractivity contribution < 1.29 is 4.42 Å². The molecule has 0 radical (unpaired) electrons. The van der Waals surface area contributed by atoms with E-state index in [2.05, 4.69) is 37.6 Å². The van der Waals surface area contributed by atoms with Crippen molar-refractivity contribution in [3.8, 4) is 11.3 Å². The second kappa shape index (κ2) is 9.39. The minimum Gasteiger partial charge on any atom is -0.459 e. The molecule has 4 aromatic rings. The largest absolute Gasteiger partial charge is 0.459 e. The van der Waals surface area contributed by atoms with Crippen LogP contribution in [0.5, 0.6) is 0 Å². The van der Waals surface area contributed by atoms with Crippen LogP contribution >= 0.6 is 35.4 Å². The summed E-state index contributed by atoms with van der Waals surface area (Å²) in [6, 6.07) is 21.4. The molecule has 33 heavy (non-hydrogen) atoms. The van der Waals surface area contributed by atoms with Gasteiger partial charge in [0.2, 0.25) is 5.95 Å². The smallest absolute Gasteiger partial charge is 0.232 e. The normalized spacial score (nSPS) is 12.5. The molecule has 2 aromatic heterocycles. The Kier molecular flexibility index (Phi) is 6.17. The molecule has 2 aromatic carbocycles. The van der Waals surface area contributed by atoms with Gasteiger partial charge in [0, 0.05) is 29.7 Å². The van der Waals surface area contributed by atoms with Crippen molar-refractivity contribution in [2.24, 2.45) is 0 Å². The molecule has 1 aliphatic rings. The van der Waals surface area contributed by atoms with Crippen LogP contribution in [0.2, 0.25) is 10.2 Å². The quantitative estimate of drug-likeness (QED) is 0.258. The van der Waals surface area contributed by atoms with Crippen LogP contribution in [-0.4, -0.2) is 15.1 Å². The molecule has 0 aliphatic carbocycles. The zero-order valence-corrected chi connectivity index (χ0v) is 19.7. The van der Waals surface area contributed by atoms with E-state index in [1.165, 1.54) is 11.1 Å². The number of halogens is 2. The summed E-state index contributed by atoms with van der Waals surface area (Å²) >= 11 is 17.6. The molecule has 0 bridgehead atoms. The summed E-state index contributed by atoms with van der Waals surface area (Å²) in [7, 11) is 0. The monoisotopic (exact) mass is 495 g/mol. The fraction of sp³-hybridized carbons (Fsp3) is 0.125. The van der Waals surface area contributed by atoms with Gasteiger partial charge in [-0.15, -0.1) is 0 Å². The van der Waals surface area contributed by atoms with Gasteiger partial charge in [0.25, 0.3) is 0 Å². The Bertz CT molecular complexity index is 1280. The third kappa shape index (κ3) is 5.11. The lowest BCUT2D eigenvalue weighted by Crippen LogP contribution is -2.29. The number of fused-ring (bicyclic) bond motifs is 1. The molecular formula is C24H19Cl2N5OS. The molecule has 166 valence electrons. The van der Waals surface area contributed by atoms with Crippen molar-refractivity contribution in [1.29, 1.82) is 0 Å². The van der Waals surface area contributed by atoms with Gasteiger partial charge in [0.15, 0.2) is 5.11 Å². The zero-order chi connectivity index (χ0) is 22.8. The molecule has 0 spiro atoms. The van der Waals surface area contributed by atoms with E-state index >= 15 is 0 Å². The van der Waals surface area contributed by atoms with Crippen molar-refractivity contribution >= 4 is 52.3 Å². The average Bonchev–Trinajstić information content (AvgIpc) is 3.45. The van der Waals surface area contributed by atoms with Crippen molar-refractivity contribution in [3.63, 3.8) is 0 Å². The van der Waals surface area contributed by atoms with E-state index in [0.717, 1.165) is 36.0 Å². The summed E-state index contributed by atoms with van der Waals surface area (Å²) < 4.78 is 5.89. The molecule has 0 amide bonds. The number of rotatable bonds is 5. The van der Waals surface area contributed by atoms with Crippen molar-refractivity contribution in [3.05, 3.63) is 93.8 Å². The molecule has 6 nitrogen and oxygen atoms in total. The minimum absolute atomic E-state index is 0.340. The van der Waals surface area contributed by atoms with Crippen LogP contribution in [0.1, 0.15) is 16.9 Å². The first-order chi connectivity index (χ1) is 16.0. The fourth-order valence-corrected chi connectivity index (χ4v) is 4.14.